The van der Waals surface area contributed by atoms with Crippen LogP contribution in [0.5, 0.6) is 5.75 Å². The lowest BCUT2D eigenvalue weighted by Crippen LogP contribution is -2.40. The maximum Gasteiger partial charge on any atom is 0.256 e. The van der Waals surface area contributed by atoms with Crippen molar-refractivity contribution in [1.82, 2.24) is 9.88 Å². The number of halogens is 1. The van der Waals surface area contributed by atoms with Crippen LogP contribution in [0.4, 0.5) is 5.69 Å². The lowest BCUT2D eigenvalue weighted by molar-refractivity contribution is -0.116. The number of hydrogen-bond donors (Lipinski definition) is 1. The minimum atomic E-state index is -0.0587. The van der Waals surface area contributed by atoms with E-state index in [1.807, 2.05) is 17.2 Å². The molecule has 0 aliphatic carbocycles. The SMILES string of the molecule is COc1ccc(NC(=O)CC[C@H]2CCCN(C(=O)c3cccnc3SC)C2)cc1Cl. The Labute approximate surface area is 186 Å². The fourth-order valence-electron chi connectivity index (χ4n) is 3.67. The number of carbonyl (C=O) groups excluding carboxylic acids is 2. The molecule has 1 aromatic carbocycles. The van der Waals surface area contributed by atoms with Gasteiger partial charge in [0.05, 0.1) is 17.7 Å². The van der Waals surface area contributed by atoms with Crippen molar-refractivity contribution < 1.29 is 14.3 Å². The molecule has 6 nitrogen and oxygen atoms in total. The predicted molar refractivity (Wildman–Crippen MR) is 121 cm³/mol. The first-order valence-corrected chi connectivity index (χ1v) is 11.5. The molecule has 1 aliphatic heterocycles. The van der Waals surface area contributed by atoms with Crippen LogP contribution in [0.15, 0.2) is 41.6 Å². The van der Waals surface area contributed by atoms with Crippen LogP contribution in [-0.2, 0) is 4.79 Å². The monoisotopic (exact) mass is 447 g/mol. The first-order chi connectivity index (χ1) is 14.5. The topological polar surface area (TPSA) is 71.5 Å². The Morgan fingerprint density at radius 3 is 2.93 bits per heavy atom. The Bertz CT molecular complexity index is 909. The molecular formula is C22H26ClN3O3S. The van der Waals surface area contributed by atoms with E-state index in [1.165, 1.54) is 11.8 Å². The molecule has 2 heterocycles. The molecule has 3 rings (SSSR count). The molecule has 160 valence electrons. The molecular weight excluding hydrogens is 422 g/mol. The summed E-state index contributed by atoms with van der Waals surface area (Å²) in [7, 11) is 1.55. The van der Waals surface area contributed by atoms with Crippen LogP contribution in [0, 0.1) is 5.92 Å². The first-order valence-electron chi connectivity index (χ1n) is 9.93. The molecule has 2 aromatic rings. The highest BCUT2D eigenvalue weighted by Crippen LogP contribution is 2.28. The number of ether oxygens (including phenoxy) is 1. The van der Waals surface area contributed by atoms with E-state index in [1.54, 1.807) is 37.6 Å². The minimum Gasteiger partial charge on any atom is -0.495 e. The fourth-order valence-corrected chi connectivity index (χ4v) is 4.47. The van der Waals surface area contributed by atoms with Crippen molar-refractivity contribution >= 4 is 40.9 Å². The number of anilines is 1. The second-order valence-corrected chi connectivity index (χ2v) is 8.46. The summed E-state index contributed by atoms with van der Waals surface area (Å²) in [5.74, 6) is 0.841. The number of nitrogens with zero attached hydrogens (tertiary/aromatic N) is 2. The van der Waals surface area contributed by atoms with Gasteiger partial charge in [-0.3, -0.25) is 9.59 Å². The molecule has 2 amide bonds. The van der Waals surface area contributed by atoms with E-state index in [-0.39, 0.29) is 11.8 Å². The maximum atomic E-state index is 13.0. The summed E-state index contributed by atoms with van der Waals surface area (Å²) >= 11 is 7.59. The number of rotatable bonds is 7. The number of methoxy groups -OCH3 is 1. The van der Waals surface area contributed by atoms with Crippen LogP contribution in [0.25, 0.3) is 0 Å². The quantitative estimate of drug-likeness (QED) is 0.621. The molecule has 1 fully saturated rings. The minimum absolute atomic E-state index is 0.0227. The van der Waals surface area contributed by atoms with Gasteiger partial charge in [-0.1, -0.05) is 11.6 Å². The van der Waals surface area contributed by atoms with E-state index < -0.39 is 0 Å². The van der Waals surface area contributed by atoms with Crippen LogP contribution >= 0.6 is 23.4 Å². The number of hydrogen-bond acceptors (Lipinski definition) is 5. The third-order valence-electron chi connectivity index (χ3n) is 5.22. The second-order valence-electron chi connectivity index (χ2n) is 7.26. The summed E-state index contributed by atoms with van der Waals surface area (Å²) in [5, 5.41) is 4.09. The molecule has 0 spiro atoms. The van der Waals surface area contributed by atoms with Gasteiger partial charge < -0.3 is 15.0 Å². The van der Waals surface area contributed by atoms with Crippen molar-refractivity contribution in [2.24, 2.45) is 5.92 Å². The van der Waals surface area contributed by atoms with Gasteiger partial charge in [0.15, 0.2) is 0 Å². The average Bonchev–Trinajstić information content (AvgIpc) is 2.77. The first kappa shape index (κ1) is 22.4. The van der Waals surface area contributed by atoms with E-state index >= 15 is 0 Å². The van der Waals surface area contributed by atoms with Gasteiger partial charge in [0.1, 0.15) is 10.8 Å². The number of carbonyl (C=O) groups is 2. The van der Waals surface area contributed by atoms with Gasteiger partial charge in [0.2, 0.25) is 5.91 Å². The lowest BCUT2D eigenvalue weighted by atomic mass is 9.93. The summed E-state index contributed by atoms with van der Waals surface area (Å²) in [6, 6.07) is 8.80. The van der Waals surface area contributed by atoms with Crippen LogP contribution < -0.4 is 10.1 Å². The van der Waals surface area contributed by atoms with Gasteiger partial charge in [-0.05, 0) is 61.8 Å². The van der Waals surface area contributed by atoms with Crippen LogP contribution in [0.3, 0.4) is 0 Å². The van der Waals surface area contributed by atoms with Gasteiger partial charge in [0.25, 0.3) is 5.91 Å². The standard InChI is InChI=1S/C22H26ClN3O3S/c1-29-19-9-8-16(13-18(19)23)25-20(27)10-7-15-5-4-12-26(14-15)22(28)17-6-3-11-24-21(17)30-2/h3,6,8-9,11,13,15H,4-5,7,10,12,14H2,1-2H3,(H,25,27)/t15-/m1/s1. The highest BCUT2D eigenvalue weighted by molar-refractivity contribution is 7.98. The zero-order valence-electron chi connectivity index (χ0n) is 17.2. The summed E-state index contributed by atoms with van der Waals surface area (Å²) in [5.41, 5.74) is 1.30. The molecule has 1 aromatic heterocycles. The average molecular weight is 448 g/mol. The van der Waals surface area contributed by atoms with Crippen molar-refractivity contribution in [2.75, 3.05) is 31.8 Å². The number of benzene rings is 1. The Morgan fingerprint density at radius 2 is 2.20 bits per heavy atom. The molecule has 0 unspecified atom stereocenters. The van der Waals surface area contributed by atoms with E-state index in [0.29, 0.717) is 40.9 Å². The number of pyridine rings is 1. The number of thioether (sulfide) groups is 1. The zero-order valence-corrected chi connectivity index (χ0v) is 18.8. The summed E-state index contributed by atoms with van der Waals surface area (Å²) in [6.45, 7) is 1.41. The second kappa shape index (κ2) is 10.7. The number of amides is 2. The Morgan fingerprint density at radius 1 is 1.37 bits per heavy atom. The van der Waals surface area contributed by atoms with E-state index in [4.69, 9.17) is 16.3 Å². The molecule has 0 saturated carbocycles. The fraction of sp³-hybridized carbons (Fsp3) is 0.409. The van der Waals surface area contributed by atoms with Crippen LogP contribution in [0.1, 0.15) is 36.0 Å². The Hall–Kier alpha value is -2.25. The molecule has 8 heteroatoms. The smallest absolute Gasteiger partial charge is 0.256 e. The van der Waals surface area contributed by atoms with Crippen LogP contribution in [0.2, 0.25) is 5.02 Å². The molecule has 0 radical (unpaired) electrons. The maximum absolute atomic E-state index is 13.0. The van der Waals surface area contributed by atoms with Crippen molar-refractivity contribution in [3.05, 3.63) is 47.1 Å². The van der Waals surface area contributed by atoms with Crippen molar-refractivity contribution in [3.8, 4) is 5.75 Å². The third-order valence-corrected chi connectivity index (χ3v) is 6.22. The molecule has 1 aliphatic rings. The Balaban J connectivity index is 1.53. The van der Waals surface area contributed by atoms with Gasteiger partial charge in [-0.25, -0.2) is 4.98 Å². The van der Waals surface area contributed by atoms with Crippen molar-refractivity contribution in [3.63, 3.8) is 0 Å². The predicted octanol–water partition coefficient (Wildman–Crippen LogP) is 4.74. The Kier molecular flexibility index (Phi) is 7.99. The van der Waals surface area contributed by atoms with Crippen molar-refractivity contribution in [2.45, 2.75) is 30.7 Å². The number of nitrogens with one attached hydrogen (secondary N) is 1. The largest absolute Gasteiger partial charge is 0.495 e. The van der Waals surface area contributed by atoms with E-state index in [2.05, 4.69) is 10.3 Å². The highest BCUT2D eigenvalue weighted by atomic mass is 35.5. The summed E-state index contributed by atoms with van der Waals surface area (Å²) < 4.78 is 5.13. The third kappa shape index (κ3) is 5.67. The number of aromatic nitrogens is 1. The highest BCUT2D eigenvalue weighted by Gasteiger charge is 2.26. The molecule has 1 saturated heterocycles. The van der Waals surface area contributed by atoms with Gasteiger partial charge in [0, 0.05) is 31.4 Å². The number of likely N-dealkylation sites (tertiary alicyclic amines) is 1. The van der Waals surface area contributed by atoms with Gasteiger partial charge in [-0.15, -0.1) is 11.8 Å². The summed E-state index contributed by atoms with van der Waals surface area (Å²) in [6.07, 6.45) is 6.74. The van der Waals surface area contributed by atoms with Gasteiger partial charge in [-0.2, -0.15) is 0 Å². The molecule has 0 bridgehead atoms. The van der Waals surface area contributed by atoms with E-state index in [0.717, 1.165) is 30.8 Å². The molecule has 1 atom stereocenters. The molecule has 30 heavy (non-hydrogen) atoms. The summed E-state index contributed by atoms with van der Waals surface area (Å²) in [4.78, 5) is 31.5. The number of piperidine rings is 1. The zero-order chi connectivity index (χ0) is 21.5. The van der Waals surface area contributed by atoms with Crippen molar-refractivity contribution in [1.29, 1.82) is 0 Å². The molecule has 1 N–H and O–H groups in total. The normalized spacial score (nSPS) is 16.2. The van der Waals surface area contributed by atoms with Crippen LogP contribution in [-0.4, -0.2) is 48.2 Å². The lowest BCUT2D eigenvalue weighted by Gasteiger charge is -2.33. The van der Waals surface area contributed by atoms with Gasteiger partial charge >= 0.3 is 0 Å². The van der Waals surface area contributed by atoms with E-state index in [9.17, 15) is 9.59 Å².